The van der Waals surface area contributed by atoms with Gasteiger partial charge >= 0.3 is 0 Å². The summed E-state index contributed by atoms with van der Waals surface area (Å²) in [6.45, 7) is 3.16. The summed E-state index contributed by atoms with van der Waals surface area (Å²) >= 11 is 0. The first-order valence-electron chi connectivity index (χ1n) is 7.64. The average molecular weight is 336 g/mol. The molecule has 0 aromatic carbocycles. The lowest BCUT2D eigenvalue weighted by molar-refractivity contribution is 0.390. The van der Waals surface area contributed by atoms with Gasteiger partial charge in [0.2, 0.25) is 0 Å². The predicted octanol–water partition coefficient (Wildman–Crippen LogP) is 2.84. The first-order chi connectivity index (χ1) is 11.0. The molecule has 1 aliphatic carbocycles. The maximum atomic E-state index is 12.4. The second-order valence-electron chi connectivity index (χ2n) is 5.82. The number of aromatic nitrogens is 2. The monoisotopic (exact) mass is 336 g/mol. The van der Waals surface area contributed by atoms with E-state index in [1.807, 2.05) is 6.07 Å². The summed E-state index contributed by atoms with van der Waals surface area (Å²) in [4.78, 5) is 4.23. The smallest absolute Gasteiger partial charge is 0.268 e. The van der Waals surface area contributed by atoms with E-state index >= 15 is 0 Å². The summed E-state index contributed by atoms with van der Waals surface area (Å²) in [5.74, 6) is 0.525. The molecule has 0 saturated heterocycles. The van der Waals surface area contributed by atoms with Gasteiger partial charge in [0.25, 0.3) is 10.0 Å². The minimum Gasteiger partial charge on any atom is -0.381 e. The Balaban J connectivity index is 1.72. The fraction of sp³-hybridized carbons (Fsp3) is 0.467. The number of hydrogen-bond donors (Lipinski definition) is 2. The molecule has 0 amide bonds. The molecule has 0 unspecified atom stereocenters. The van der Waals surface area contributed by atoms with Crippen molar-refractivity contribution in [3.63, 3.8) is 0 Å². The van der Waals surface area contributed by atoms with Crippen molar-refractivity contribution >= 4 is 21.5 Å². The number of aryl methyl sites for hydroxylation is 2. The molecule has 0 spiro atoms. The van der Waals surface area contributed by atoms with Crippen LogP contribution < -0.4 is 10.0 Å². The van der Waals surface area contributed by atoms with Crippen LogP contribution in [0, 0.1) is 13.8 Å². The van der Waals surface area contributed by atoms with Gasteiger partial charge in [-0.05, 0) is 38.8 Å². The lowest BCUT2D eigenvalue weighted by Gasteiger charge is -2.13. The summed E-state index contributed by atoms with van der Waals surface area (Å²) in [7, 11) is -3.76. The highest BCUT2D eigenvalue weighted by atomic mass is 32.2. The van der Waals surface area contributed by atoms with Crippen LogP contribution in [0.25, 0.3) is 0 Å². The predicted molar refractivity (Wildman–Crippen MR) is 86.9 cm³/mol. The summed E-state index contributed by atoms with van der Waals surface area (Å²) < 4.78 is 32.2. The maximum Gasteiger partial charge on any atom is 0.268 e. The summed E-state index contributed by atoms with van der Waals surface area (Å²) in [5, 5.41) is 7.08. The van der Waals surface area contributed by atoms with Gasteiger partial charge in [0.15, 0.2) is 10.7 Å². The van der Waals surface area contributed by atoms with Crippen LogP contribution in [0.3, 0.4) is 0 Å². The second kappa shape index (κ2) is 6.19. The second-order valence-corrected chi connectivity index (χ2v) is 7.44. The van der Waals surface area contributed by atoms with Gasteiger partial charge in [-0.2, -0.15) is 0 Å². The molecule has 0 aliphatic heterocycles. The normalized spacial score (nSPS) is 15.7. The molecular weight excluding hydrogens is 316 g/mol. The first kappa shape index (κ1) is 15.8. The van der Waals surface area contributed by atoms with Crippen molar-refractivity contribution in [3.8, 4) is 0 Å². The molecule has 2 N–H and O–H groups in total. The Bertz CT molecular complexity index is 758. The summed E-state index contributed by atoms with van der Waals surface area (Å²) in [6, 6.07) is 3.96. The first-order valence-corrected chi connectivity index (χ1v) is 9.12. The number of pyridine rings is 1. The molecule has 124 valence electrons. The highest BCUT2D eigenvalue weighted by Crippen LogP contribution is 2.24. The van der Waals surface area contributed by atoms with Crippen LogP contribution in [0.15, 0.2) is 27.7 Å². The average Bonchev–Trinajstić information content (AvgIpc) is 3.11. The molecule has 3 rings (SSSR count). The Labute approximate surface area is 135 Å². The van der Waals surface area contributed by atoms with E-state index in [2.05, 4.69) is 20.2 Å². The van der Waals surface area contributed by atoms with Crippen LogP contribution in [-0.2, 0) is 10.0 Å². The molecular formula is C15H20N4O3S. The van der Waals surface area contributed by atoms with Gasteiger partial charge in [-0.25, -0.2) is 13.4 Å². The van der Waals surface area contributed by atoms with E-state index in [-0.39, 0.29) is 16.5 Å². The van der Waals surface area contributed by atoms with Gasteiger partial charge in [-0.1, -0.05) is 18.0 Å². The van der Waals surface area contributed by atoms with Crippen LogP contribution in [0.2, 0.25) is 0 Å². The third-order valence-electron chi connectivity index (χ3n) is 3.96. The largest absolute Gasteiger partial charge is 0.381 e. The zero-order chi connectivity index (χ0) is 16.4. The van der Waals surface area contributed by atoms with Gasteiger partial charge in [0.1, 0.15) is 11.5 Å². The molecule has 0 radical (unpaired) electrons. The van der Waals surface area contributed by atoms with E-state index in [1.165, 1.54) is 25.7 Å². The zero-order valence-corrected chi connectivity index (χ0v) is 14.0. The molecule has 1 aliphatic rings. The molecule has 23 heavy (non-hydrogen) atoms. The minimum atomic E-state index is -3.76. The maximum absolute atomic E-state index is 12.4. The molecule has 2 heterocycles. The summed E-state index contributed by atoms with van der Waals surface area (Å²) in [5.41, 5.74) is 1.23. The highest BCUT2D eigenvalue weighted by molar-refractivity contribution is 7.92. The van der Waals surface area contributed by atoms with Gasteiger partial charge in [-0.3, -0.25) is 4.72 Å². The van der Waals surface area contributed by atoms with E-state index in [0.717, 1.165) is 5.69 Å². The minimum absolute atomic E-state index is 0.0625. The van der Waals surface area contributed by atoms with Crippen molar-refractivity contribution < 1.29 is 12.9 Å². The van der Waals surface area contributed by atoms with Crippen molar-refractivity contribution in [2.45, 2.75) is 50.5 Å². The quantitative estimate of drug-likeness (QED) is 0.871. The van der Waals surface area contributed by atoms with E-state index in [1.54, 1.807) is 26.1 Å². The molecule has 1 fully saturated rings. The molecule has 2 aromatic rings. The number of nitrogens with one attached hydrogen (secondary N) is 2. The molecule has 7 nitrogen and oxygen atoms in total. The fourth-order valence-electron chi connectivity index (χ4n) is 2.89. The van der Waals surface area contributed by atoms with Gasteiger partial charge in [0, 0.05) is 6.04 Å². The lowest BCUT2D eigenvalue weighted by Crippen LogP contribution is -2.16. The van der Waals surface area contributed by atoms with Crippen molar-refractivity contribution in [2.24, 2.45) is 0 Å². The number of rotatable bonds is 5. The molecule has 0 bridgehead atoms. The summed E-state index contributed by atoms with van der Waals surface area (Å²) in [6.07, 6.45) is 6.48. The Morgan fingerprint density at radius 1 is 1.22 bits per heavy atom. The van der Waals surface area contributed by atoms with Crippen molar-refractivity contribution in [2.75, 3.05) is 10.0 Å². The Morgan fingerprint density at radius 3 is 2.52 bits per heavy atom. The van der Waals surface area contributed by atoms with Crippen LogP contribution in [0.4, 0.5) is 11.5 Å². The van der Waals surface area contributed by atoms with E-state index in [4.69, 9.17) is 4.52 Å². The zero-order valence-electron chi connectivity index (χ0n) is 13.2. The van der Waals surface area contributed by atoms with Gasteiger partial charge in [-0.15, -0.1) is 0 Å². The third kappa shape index (κ3) is 3.47. The van der Waals surface area contributed by atoms with Crippen molar-refractivity contribution in [3.05, 3.63) is 29.8 Å². The Morgan fingerprint density at radius 2 is 1.96 bits per heavy atom. The standard InChI is InChI=1S/C15H20N4O3S/c1-10-15(11(2)22-18-10)23(20,21)19-14-8-7-13(9-16-14)17-12-5-3-4-6-12/h7-9,12,17H,3-6H2,1-2H3,(H,16,19). The molecule has 0 atom stereocenters. The number of anilines is 2. The third-order valence-corrected chi connectivity index (χ3v) is 5.56. The number of nitrogens with zero attached hydrogens (tertiary/aromatic N) is 2. The van der Waals surface area contributed by atoms with Gasteiger partial charge < -0.3 is 9.84 Å². The molecule has 1 saturated carbocycles. The van der Waals surface area contributed by atoms with Crippen LogP contribution in [-0.4, -0.2) is 24.6 Å². The van der Waals surface area contributed by atoms with Crippen LogP contribution >= 0.6 is 0 Å². The van der Waals surface area contributed by atoms with Gasteiger partial charge in [0.05, 0.1) is 11.9 Å². The van der Waals surface area contributed by atoms with Crippen LogP contribution in [0.5, 0.6) is 0 Å². The van der Waals surface area contributed by atoms with E-state index < -0.39 is 10.0 Å². The molecule has 2 aromatic heterocycles. The SMILES string of the molecule is Cc1noc(C)c1S(=O)(=O)Nc1ccc(NC2CCCC2)cn1. The fourth-order valence-corrected chi connectivity index (χ4v) is 4.23. The van der Waals surface area contributed by atoms with Crippen molar-refractivity contribution in [1.82, 2.24) is 10.1 Å². The topological polar surface area (TPSA) is 97.1 Å². The van der Waals surface area contributed by atoms with Crippen LogP contribution in [0.1, 0.15) is 37.1 Å². The Hall–Kier alpha value is -2.09. The van der Waals surface area contributed by atoms with E-state index in [9.17, 15) is 8.42 Å². The molecule has 8 heteroatoms. The number of hydrogen-bond acceptors (Lipinski definition) is 6. The number of sulfonamides is 1. The van der Waals surface area contributed by atoms with E-state index in [0.29, 0.717) is 11.7 Å². The Kier molecular flexibility index (Phi) is 4.25. The highest BCUT2D eigenvalue weighted by Gasteiger charge is 2.24. The van der Waals surface area contributed by atoms with Crippen molar-refractivity contribution in [1.29, 1.82) is 0 Å². The lowest BCUT2D eigenvalue weighted by atomic mass is 10.2.